The zero-order valence-corrected chi connectivity index (χ0v) is 11.5. The molecule has 0 aromatic carbocycles. The minimum atomic E-state index is -4.52. The zero-order chi connectivity index (χ0) is 15.2. The van der Waals surface area contributed by atoms with Crippen LogP contribution < -0.4 is 5.32 Å². The largest absolute Gasteiger partial charge is 0.433 e. The summed E-state index contributed by atoms with van der Waals surface area (Å²) in [4.78, 5) is 11.6. The van der Waals surface area contributed by atoms with Crippen molar-refractivity contribution in [1.29, 1.82) is 0 Å². The van der Waals surface area contributed by atoms with Crippen molar-refractivity contribution in [3.63, 3.8) is 0 Å². The summed E-state index contributed by atoms with van der Waals surface area (Å²) in [6.07, 6.45) is -3.90. The van der Waals surface area contributed by atoms with E-state index in [0.717, 1.165) is 6.07 Å². The van der Waals surface area contributed by atoms with Crippen LogP contribution in [0.2, 0.25) is 0 Å². The fraction of sp³-hybridized carbons (Fsp3) is 0.667. The van der Waals surface area contributed by atoms with Crippen molar-refractivity contribution in [3.05, 3.63) is 17.5 Å². The van der Waals surface area contributed by atoms with Gasteiger partial charge in [-0.15, -0.1) is 0 Å². The molecule has 1 heterocycles. The summed E-state index contributed by atoms with van der Waals surface area (Å²) in [5, 5.41) is 6.22. The molecule has 8 heteroatoms. The smallest absolute Gasteiger partial charge is 0.382 e. The first kappa shape index (κ1) is 16.5. The van der Waals surface area contributed by atoms with E-state index in [0.29, 0.717) is 30.9 Å². The number of hydrogen-bond acceptors (Lipinski definition) is 3. The Morgan fingerprint density at radius 1 is 1.50 bits per heavy atom. The maximum atomic E-state index is 12.7. The quantitative estimate of drug-likeness (QED) is 0.779. The van der Waals surface area contributed by atoms with Crippen molar-refractivity contribution >= 4 is 5.91 Å². The number of nitrogens with zero attached hydrogens (tertiary/aromatic N) is 2. The van der Waals surface area contributed by atoms with Crippen LogP contribution in [0.5, 0.6) is 0 Å². The summed E-state index contributed by atoms with van der Waals surface area (Å²) in [5.41, 5.74) is -0.694. The number of amides is 1. The van der Waals surface area contributed by atoms with E-state index < -0.39 is 24.3 Å². The first-order valence-corrected chi connectivity index (χ1v) is 6.30. The molecule has 0 unspecified atom stereocenters. The maximum absolute atomic E-state index is 12.7. The molecule has 0 saturated carbocycles. The summed E-state index contributed by atoms with van der Waals surface area (Å²) < 4.78 is 43.8. The van der Waals surface area contributed by atoms with Crippen LogP contribution in [-0.2, 0) is 22.3 Å². The minimum absolute atomic E-state index is 0.224. The number of ether oxygens (including phenoxy) is 1. The Kier molecular flexibility index (Phi) is 6.00. The van der Waals surface area contributed by atoms with Crippen LogP contribution in [0.1, 0.15) is 24.7 Å². The van der Waals surface area contributed by atoms with Gasteiger partial charge in [0.1, 0.15) is 12.2 Å². The van der Waals surface area contributed by atoms with Gasteiger partial charge in [-0.05, 0) is 26.3 Å². The number of carbonyl (C=O) groups is 1. The van der Waals surface area contributed by atoms with E-state index in [4.69, 9.17) is 4.74 Å². The van der Waals surface area contributed by atoms with Gasteiger partial charge in [0, 0.05) is 19.8 Å². The number of alkyl halides is 3. The predicted octanol–water partition coefficient (Wildman–Crippen LogP) is 1.75. The van der Waals surface area contributed by atoms with Crippen LogP contribution in [0.25, 0.3) is 0 Å². The highest BCUT2D eigenvalue weighted by Gasteiger charge is 2.35. The Hall–Kier alpha value is -1.57. The fourth-order valence-electron chi connectivity index (χ4n) is 1.63. The summed E-state index contributed by atoms with van der Waals surface area (Å²) in [6, 6.07) is 0.919. The van der Waals surface area contributed by atoms with E-state index >= 15 is 0 Å². The molecule has 0 saturated heterocycles. The van der Waals surface area contributed by atoms with Crippen molar-refractivity contribution in [1.82, 2.24) is 15.1 Å². The molecule has 0 aliphatic carbocycles. The average Bonchev–Trinajstić information content (AvgIpc) is 2.70. The van der Waals surface area contributed by atoms with Crippen molar-refractivity contribution in [3.8, 4) is 0 Å². The van der Waals surface area contributed by atoms with Crippen LogP contribution in [0.3, 0.4) is 0 Å². The van der Waals surface area contributed by atoms with Gasteiger partial charge in [-0.25, -0.2) is 0 Å². The highest BCUT2D eigenvalue weighted by atomic mass is 19.4. The van der Waals surface area contributed by atoms with Gasteiger partial charge in [-0.3, -0.25) is 9.48 Å². The Morgan fingerprint density at radius 3 is 2.80 bits per heavy atom. The van der Waals surface area contributed by atoms with E-state index in [1.165, 1.54) is 6.92 Å². The highest BCUT2D eigenvalue weighted by molar-refractivity contribution is 5.75. The van der Waals surface area contributed by atoms with Gasteiger partial charge in [0.15, 0.2) is 0 Å². The number of aromatic nitrogens is 2. The second-order valence-electron chi connectivity index (χ2n) is 4.23. The van der Waals surface area contributed by atoms with Gasteiger partial charge in [0.05, 0.1) is 5.69 Å². The molecule has 0 spiro atoms. The fourth-order valence-corrected chi connectivity index (χ4v) is 1.63. The van der Waals surface area contributed by atoms with E-state index in [1.54, 1.807) is 0 Å². The molecule has 0 radical (unpaired) electrons. The summed E-state index contributed by atoms with van der Waals surface area (Å²) in [6.45, 7) is 4.32. The standard InChI is InChI=1S/C12H18F3N3O2/c1-3-20-6-4-5-16-11(19)8-18-10(12(13,14)15)7-9(2)17-18/h7H,3-6,8H2,1-2H3,(H,16,19). The lowest BCUT2D eigenvalue weighted by Crippen LogP contribution is -2.31. The third-order valence-electron chi connectivity index (χ3n) is 2.48. The van der Waals surface area contributed by atoms with Gasteiger partial charge in [-0.2, -0.15) is 18.3 Å². The monoisotopic (exact) mass is 293 g/mol. The summed E-state index contributed by atoms with van der Waals surface area (Å²) in [7, 11) is 0. The van der Waals surface area contributed by atoms with Gasteiger partial charge in [0.25, 0.3) is 0 Å². The maximum Gasteiger partial charge on any atom is 0.433 e. The second-order valence-corrected chi connectivity index (χ2v) is 4.23. The lowest BCUT2D eigenvalue weighted by molar-refractivity contribution is -0.144. The van der Waals surface area contributed by atoms with Crippen LogP contribution in [0, 0.1) is 6.92 Å². The van der Waals surface area contributed by atoms with Crippen LogP contribution >= 0.6 is 0 Å². The van der Waals surface area contributed by atoms with Crippen molar-refractivity contribution in [2.45, 2.75) is 33.0 Å². The normalized spacial score (nSPS) is 11.7. The Balaban J connectivity index is 2.50. The van der Waals surface area contributed by atoms with Gasteiger partial charge >= 0.3 is 6.18 Å². The van der Waals surface area contributed by atoms with Gasteiger partial charge in [-0.1, -0.05) is 0 Å². The molecule has 1 amide bonds. The molecule has 114 valence electrons. The lowest BCUT2D eigenvalue weighted by atomic mass is 10.3. The molecule has 0 aliphatic rings. The number of nitrogens with one attached hydrogen (secondary N) is 1. The second kappa shape index (κ2) is 7.28. The number of halogens is 3. The first-order chi connectivity index (χ1) is 9.34. The molecular formula is C12H18F3N3O2. The molecule has 20 heavy (non-hydrogen) atoms. The lowest BCUT2D eigenvalue weighted by Gasteiger charge is -2.10. The molecule has 1 N–H and O–H groups in total. The number of hydrogen-bond donors (Lipinski definition) is 1. The van der Waals surface area contributed by atoms with Crippen LogP contribution in [0.15, 0.2) is 6.07 Å². The predicted molar refractivity (Wildman–Crippen MR) is 66.1 cm³/mol. The summed E-state index contributed by atoms with van der Waals surface area (Å²) >= 11 is 0. The SMILES string of the molecule is CCOCCCNC(=O)Cn1nc(C)cc1C(F)(F)F. The van der Waals surface area contributed by atoms with Crippen molar-refractivity contribution < 1.29 is 22.7 Å². The number of aryl methyl sites for hydroxylation is 1. The van der Waals surface area contributed by atoms with Crippen LogP contribution in [0.4, 0.5) is 13.2 Å². The van der Waals surface area contributed by atoms with Crippen molar-refractivity contribution in [2.75, 3.05) is 19.8 Å². The molecule has 1 rings (SSSR count). The molecule has 1 aromatic rings. The van der Waals surface area contributed by atoms with Crippen LogP contribution in [-0.4, -0.2) is 35.4 Å². The van der Waals surface area contributed by atoms with E-state index in [1.807, 2.05) is 6.92 Å². The van der Waals surface area contributed by atoms with E-state index in [2.05, 4.69) is 10.4 Å². The topological polar surface area (TPSA) is 56.1 Å². The van der Waals surface area contributed by atoms with E-state index in [-0.39, 0.29) is 5.69 Å². The Morgan fingerprint density at radius 2 is 2.20 bits per heavy atom. The third kappa shape index (κ3) is 5.20. The van der Waals surface area contributed by atoms with Crippen molar-refractivity contribution in [2.24, 2.45) is 0 Å². The molecule has 5 nitrogen and oxygen atoms in total. The highest BCUT2D eigenvalue weighted by Crippen LogP contribution is 2.29. The molecule has 1 aromatic heterocycles. The van der Waals surface area contributed by atoms with Gasteiger partial charge in [0.2, 0.25) is 5.91 Å². The molecule has 0 atom stereocenters. The Labute approximate surface area is 115 Å². The molecule has 0 aliphatic heterocycles. The molecule has 0 bridgehead atoms. The molecular weight excluding hydrogens is 275 g/mol. The molecule has 0 fully saturated rings. The number of rotatable bonds is 7. The van der Waals surface area contributed by atoms with Gasteiger partial charge < -0.3 is 10.1 Å². The van der Waals surface area contributed by atoms with E-state index in [9.17, 15) is 18.0 Å². The Bertz CT molecular complexity index is 444. The third-order valence-corrected chi connectivity index (χ3v) is 2.48. The summed E-state index contributed by atoms with van der Waals surface area (Å²) in [5.74, 6) is -0.505. The minimum Gasteiger partial charge on any atom is -0.382 e. The first-order valence-electron chi connectivity index (χ1n) is 6.30. The number of carbonyl (C=O) groups excluding carboxylic acids is 1. The average molecular weight is 293 g/mol. The zero-order valence-electron chi connectivity index (χ0n) is 11.5.